The molecule has 0 spiro atoms. The first-order valence-corrected chi connectivity index (χ1v) is 15.0. The maximum Gasteiger partial charge on any atom is 0.251 e. The quantitative estimate of drug-likeness (QED) is 0.243. The maximum absolute atomic E-state index is 13.5. The number of rotatable bonds is 13. The van der Waals surface area contributed by atoms with E-state index in [0.29, 0.717) is 29.1 Å². The Kier molecular flexibility index (Phi) is 12.0. The molecule has 0 aliphatic rings. The van der Waals surface area contributed by atoms with Crippen molar-refractivity contribution in [3.63, 3.8) is 0 Å². The number of carbonyl (C=O) groups excluding carboxylic acids is 3. The van der Waals surface area contributed by atoms with Gasteiger partial charge in [0.25, 0.3) is 5.91 Å². The lowest BCUT2D eigenvalue weighted by molar-refractivity contribution is -0.128. The van der Waals surface area contributed by atoms with Gasteiger partial charge in [0.2, 0.25) is 11.8 Å². The highest BCUT2D eigenvalue weighted by Gasteiger charge is 2.28. The number of aliphatic hydroxyl groups excluding tert-OH is 1. The van der Waals surface area contributed by atoms with Crippen molar-refractivity contribution in [2.75, 3.05) is 5.75 Å². The Hall–Kier alpha value is -3.62. The summed E-state index contributed by atoms with van der Waals surface area (Å²) in [6.07, 6.45) is -0.440. The van der Waals surface area contributed by atoms with Crippen molar-refractivity contribution in [1.29, 1.82) is 0 Å². The molecule has 0 bridgehead atoms. The van der Waals surface area contributed by atoms with Crippen LogP contribution in [0.1, 0.15) is 54.7 Å². The van der Waals surface area contributed by atoms with Gasteiger partial charge in [-0.2, -0.15) is 11.8 Å². The number of hydrogen-bond acceptors (Lipinski definition) is 5. The topological polar surface area (TPSA) is 108 Å². The standard InChI is InChI=1S/C33H41N3O4S/c1-23(37)34-29(22-41-21-25-15-9-6-10-16-25)32(40)35-28(19-24-13-7-5-8-14-24)30(38)20-26-17-11-12-18-27(26)31(39)36-33(2,3)4/h5-18,28-30,38H,19-22H2,1-4H3,(H,34,37)(H,35,40)(H,36,39)/t28-,29+,30+/m0/s1. The summed E-state index contributed by atoms with van der Waals surface area (Å²) < 4.78 is 0. The van der Waals surface area contributed by atoms with E-state index in [1.165, 1.54) is 6.92 Å². The minimum absolute atomic E-state index is 0.166. The van der Waals surface area contributed by atoms with Crippen molar-refractivity contribution in [3.05, 3.63) is 107 Å². The summed E-state index contributed by atoms with van der Waals surface area (Å²) in [5, 5.41) is 20.2. The van der Waals surface area contributed by atoms with Gasteiger partial charge in [0.05, 0.1) is 12.1 Å². The molecule has 7 nitrogen and oxygen atoms in total. The van der Waals surface area contributed by atoms with Crippen LogP contribution in [-0.4, -0.2) is 52.3 Å². The Morgan fingerprint density at radius 3 is 2.00 bits per heavy atom. The highest BCUT2D eigenvalue weighted by atomic mass is 32.2. The first-order chi connectivity index (χ1) is 19.5. The lowest BCUT2D eigenvalue weighted by Gasteiger charge is -2.28. The molecule has 3 aromatic rings. The monoisotopic (exact) mass is 575 g/mol. The van der Waals surface area contributed by atoms with E-state index in [9.17, 15) is 19.5 Å². The molecule has 41 heavy (non-hydrogen) atoms. The normalized spacial score (nSPS) is 13.5. The van der Waals surface area contributed by atoms with Crippen molar-refractivity contribution < 1.29 is 19.5 Å². The molecular weight excluding hydrogens is 534 g/mol. The number of amides is 3. The molecule has 0 unspecified atom stereocenters. The summed E-state index contributed by atoms with van der Waals surface area (Å²) in [5.74, 6) is 0.201. The largest absolute Gasteiger partial charge is 0.391 e. The van der Waals surface area contributed by atoms with E-state index >= 15 is 0 Å². The van der Waals surface area contributed by atoms with Gasteiger partial charge in [-0.1, -0.05) is 78.9 Å². The van der Waals surface area contributed by atoms with Gasteiger partial charge in [-0.25, -0.2) is 0 Å². The molecular formula is C33H41N3O4S. The van der Waals surface area contributed by atoms with E-state index in [-0.39, 0.29) is 24.1 Å². The third-order valence-corrected chi connectivity index (χ3v) is 7.47. The SMILES string of the molecule is CC(=O)N[C@H](CSCc1ccccc1)C(=O)N[C@@H](Cc1ccccc1)[C@H](O)Cc1ccccc1C(=O)NC(C)(C)C. The van der Waals surface area contributed by atoms with Crippen molar-refractivity contribution in [3.8, 4) is 0 Å². The van der Waals surface area contributed by atoms with E-state index in [4.69, 9.17) is 0 Å². The number of benzene rings is 3. The molecule has 0 saturated heterocycles. The second kappa shape index (κ2) is 15.4. The van der Waals surface area contributed by atoms with Crippen LogP contribution in [0, 0.1) is 0 Å². The van der Waals surface area contributed by atoms with E-state index in [2.05, 4.69) is 16.0 Å². The summed E-state index contributed by atoms with van der Waals surface area (Å²) in [6.45, 7) is 7.13. The van der Waals surface area contributed by atoms with Gasteiger partial charge in [0.1, 0.15) is 6.04 Å². The van der Waals surface area contributed by atoms with E-state index in [1.54, 1.807) is 23.9 Å². The summed E-state index contributed by atoms with van der Waals surface area (Å²) in [5.41, 5.74) is 2.84. The average molecular weight is 576 g/mol. The molecule has 3 amide bonds. The number of carbonyl (C=O) groups is 3. The zero-order chi connectivity index (χ0) is 29.8. The van der Waals surface area contributed by atoms with Gasteiger partial charge in [0.15, 0.2) is 0 Å². The molecule has 0 aliphatic heterocycles. The van der Waals surface area contributed by atoms with E-state index in [1.807, 2.05) is 93.6 Å². The minimum Gasteiger partial charge on any atom is -0.391 e. The van der Waals surface area contributed by atoms with Crippen molar-refractivity contribution in [2.45, 2.75) is 70.0 Å². The van der Waals surface area contributed by atoms with Gasteiger partial charge < -0.3 is 21.1 Å². The molecule has 3 atom stereocenters. The number of hydrogen-bond donors (Lipinski definition) is 4. The molecule has 218 valence electrons. The molecule has 0 radical (unpaired) electrons. The van der Waals surface area contributed by atoms with Gasteiger partial charge in [-0.3, -0.25) is 14.4 Å². The fourth-order valence-electron chi connectivity index (χ4n) is 4.43. The highest BCUT2D eigenvalue weighted by molar-refractivity contribution is 7.98. The van der Waals surface area contributed by atoms with Crippen molar-refractivity contribution in [2.24, 2.45) is 0 Å². The fraction of sp³-hybridized carbons (Fsp3) is 0.364. The molecule has 0 aromatic heterocycles. The number of aliphatic hydroxyl groups is 1. The van der Waals surface area contributed by atoms with Crippen LogP contribution in [0.25, 0.3) is 0 Å². The Bertz CT molecular complexity index is 1280. The highest BCUT2D eigenvalue weighted by Crippen LogP contribution is 2.18. The van der Waals surface area contributed by atoms with Crippen LogP contribution in [0.3, 0.4) is 0 Å². The Morgan fingerprint density at radius 1 is 0.805 bits per heavy atom. The van der Waals surface area contributed by atoms with Gasteiger partial charge in [-0.15, -0.1) is 0 Å². The fourth-order valence-corrected chi connectivity index (χ4v) is 5.44. The third kappa shape index (κ3) is 11.1. The third-order valence-electron chi connectivity index (χ3n) is 6.36. The van der Waals surface area contributed by atoms with Gasteiger partial charge in [0, 0.05) is 36.0 Å². The molecule has 0 saturated carbocycles. The van der Waals surface area contributed by atoms with Crippen LogP contribution in [0.5, 0.6) is 0 Å². The second-order valence-corrected chi connectivity index (χ2v) is 12.2. The summed E-state index contributed by atoms with van der Waals surface area (Å²) in [4.78, 5) is 38.4. The Labute approximate surface area is 247 Å². The van der Waals surface area contributed by atoms with Gasteiger partial charge >= 0.3 is 0 Å². The van der Waals surface area contributed by atoms with Crippen molar-refractivity contribution >= 4 is 29.5 Å². The number of nitrogens with one attached hydrogen (secondary N) is 3. The molecule has 0 heterocycles. The van der Waals surface area contributed by atoms with Crippen LogP contribution in [0.4, 0.5) is 0 Å². The first-order valence-electron chi connectivity index (χ1n) is 13.8. The summed E-state index contributed by atoms with van der Waals surface area (Å²) in [6, 6.07) is 25.3. The molecule has 8 heteroatoms. The van der Waals surface area contributed by atoms with Crippen LogP contribution in [-0.2, 0) is 28.2 Å². The zero-order valence-electron chi connectivity index (χ0n) is 24.2. The molecule has 3 rings (SSSR count). The Morgan fingerprint density at radius 2 is 1.39 bits per heavy atom. The first kappa shape index (κ1) is 31.9. The van der Waals surface area contributed by atoms with Crippen LogP contribution in [0.2, 0.25) is 0 Å². The molecule has 3 aromatic carbocycles. The minimum atomic E-state index is -0.988. The van der Waals surface area contributed by atoms with Crippen LogP contribution < -0.4 is 16.0 Å². The predicted octanol–water partition coefficient (Wildman–Crippen LogP) is 4.28. The van der Waals surface area contributed by atoms with Crippen molar-refractivity contribution in [1.82, 2.24) is 16.0 Å². The van der Waals surface area contributed by atoms with Crippen LogP contribution >= 0.6 is 11.8 Å². The van der Waals surface area contributed by atoms with Gasteiger partial charge in [-0.05, 0) is 49.9 Å². The lowest BCUT2D eigenvalue weighted by atomic mass is 9.93. The Balaban J connectivity index is 1.78. The summed E-state index contributed by atoms with van der Waals surface area (Å²) >= 11 is 1.55. The molecule has 0 fully saturated rings. The predicted molar refractivity (Wildman–Crippen MR) is 166 cm³/mol. The zero-order valence-corrected chi connectivity index (χ0v) is 25.0. The second-order valence-electron chi connectivity index (χ2n) is 11.2. The molecule has 4 N–H and O–H groups in total. The number of thioether (sulfide) groups is 1. The summed E-state index contributed by atoms with van der Waals surface area (Å²) in [7, 11) is 0. The van der Waals surface area contributed by atoms with E-state index < -0.39 is 23.7 Å². The molecule has 0 aliphatic carbocycles. The van der Waals surface area contributed by atoms with Crippen LogP contribution in [0.15, 0.2) is 84.9 Å². The maximum atomic E-state index is 13.5. The smallest absolute Gasteiger partial charge is 0.251 e. The lowest BCUT2D eigenvalue weighted by Crippen LogP contribution is -2.54. The average Bonchev–Trinajstić information content (AvgIpc) is 2.92. The van der Waals surface area contributed by atoms with E-state index in [0.717, 1.165) is 11.1 Å².